The molecule has 0 unspecified atom stereocenters. The summed E-state index contributed by atoms with van der Waals surface area (Å²) in [5, 5.41) is 5.54. The highest BCUT2D eigenvalue weighted by Crippen LogP contribution is 2.25. The summed E-state index contributed by atoms with van der Waals surface area (Å²) in [4.78, 5) is 16.9. The average Bonchev–Trinajstić information content (AvgIpc) is 2.85. The first-order chi connectivity index (χ1) is 8.95. The molecule has 1 aromatic heterocycles. The molecule has 0 aliphatic rings. The van der Waals surface area contributed by atoms with Crippen LogP contribution in [0.5, 0.6) is 0 Å². The molecule has 0 fully saturated rings. The number of aryl methyl sites for hydroxylation is 2. The van der Waals surface area contributed by atoms with Gasteiger partial charge in [-0.05, 0) is 49.9 Å². The number of thiazole rings is 1. The Morgan fingerprint density at radius 2 is 1.74 bits per heavy atom. The van der Waals surface area contributed by atoms with E-state index >= 15 is 0 Å². The topological polar surface area (TPSA) is 42.0 Å². The molecule has 1 aromatic carbocycles. The van der Waals surface area contributed by atoms with Gasteiger partial charge in [0.05, 0.1) is 0 Å². The highest BCUT2D eigenvalue weighted by Gasteiger charge is 2.19. The lowest BCUT2D eigenvalue weighted by Crippen LogP contribution is -2.09. The Morgan fingerprint density at radius 3 is 2.21 bits per heavy atom. The van der Waals surface area contributed by atoms with Gasteiger partial charge < -0.3 is 5.32 Å². The number of aromatic nitrogens is 1. The Bertz CT molecular complexity index is 618. The summed E-state index contributed by atoms with van der Waals surface area (Å²) < 4.78 is 0. The summed E-state index contributed by atoms with van der Waals surface area (Å²) >= 11 is 1.45. The van der Waals surface area contributed by atoms with Gasteiger partial charge in [0.15, 0.2) is 5.13 Å². The molecular weight excluding hydrogens is 256 g/mol. The van der Waals surface area contributed by atoms with E-state index in [0.717, 1.165) is 32.9 Å². The van der Waals surface area contributed by atoms with Crippen LogP contribution in [0.4, 0.5) is 5.13 Å². The SMILES string of the molecule is CNc1nc(C(=O)c2c(C)c(C)cc(C)c2C)cs1. The van der Waals surface area contributed by atoms with Crippen molar-refractivity contribution in [3.8, 4) is 0 Å². The van der Waals surface area contributed by atoms with Crippen molar-refractivity contribution in [1.29, 1.82) is 0 Å². The number of carbonyl (C=O) groups excluding carboxylic acids is 1. The predicted molar refractivity (Wildman–Crippen MR) is 80.5 cm³/mol. The number of nitrogens with one attached hydrogen (secondary N) is 1. The van der Waals surface area contributed by atoms with Crippen LogP contribution < -0.4 is 5.32 Å². The van der Waals surface area contributed by atoms with Gasteiger partial charge in [-0.2, -0.15) is 0 Å². The van der Waals surface area contributed by atoms with E-state index in [4.69, 9.17) is 0 Å². The van der Waals surface area contributed by atoms with Gasteiger partial charge in [-0.25, -0.2) is 4.98 Å². The molecule has 1 heterocycles. The van der Waals surface area contributed by atoms with Crippen molar-refractivity contribution < 1.29 is 4.79 Å². The minimum atomic E-state index is 0.0135. The normalized spacial score (nSPS) is 10.6. The number of anilines is 1. The summed E-state index contributed by atoms with van der Waals surface area (Å²) in [6.07, 6.45) is 0. The predicted octanol–water partition coefficient (Wildman–Crippen LogP) is 3.65. The zero-order valence-corrected chi connectivity index (χ0v) is 12.7. The third-order valence-corrected chi connectivity index (χ3v) is 4.40. The van der Waals surface area contributed by atoms with Crippen LogP contribution in [-0.4, -0.2) is 17.8 Å². The monoisotopic (exact) mass is 274 g/mol. The first kappa shape index (κ1) is 13.7. The Balaban J connectivity index is 2.55. The molecule has 4 heteroatoms. The van der Waals surface area contributed by atoms with Crippen LogP contribution in [0.15, 0.2) is 11.4 Å². The molecule has 19 heavy (non-hydrogen) atoms. The van der Waals surface area contributed by atoms with Crippen LogP contribution in [0, 0.1) is 27.7 Å². The van der Waals surface area contributed by atoms with Crippen molar-refractivity contribution >= 4 is 22.3 Å². The van der Waals surface area contributed by atoms with Crippen molar-refractivity contribution in [1.82, 2.24) is 4.98 Å². The van der Waals surface area contributed by atoms with Gasteiger partial charge in [0.25, 0.3) is 0 Å². The second kappa shape index (κ2) is 5.13. The Labute approximate surface area is 117 Å². The molecule has 0 aliphatic carbocycles. The molecule has 0 bridgehead atoms. The van der Waals surface area contributed by atoms with Crippen LogP contribution in [0.25, 0.3) is 0 Å². The maximum atomic E-state index is 12.6. The zero-order valence-electron chi connectivity index (χ0n) is 11.9. The summed E-state index contributed by atoms with van der Waals surface area (Å²) in [5.41, 5.74) is 5.71. The maximum absolute atomic E-state index is 12.6. The molecule has 0 saturated carbocycles. The van der Waals surface area contributed by atoms with Crippen molar-refractivity contribution in [2.75, 3.05) is 12.4 Å². The summed E-state index contributed by atoms with van der Waals surface area (Å²) in [7, 11) is 1.81. The molecule has 1 N–H and O–H groups in total. The Hall–Kier alpha value is -1.68. The van der Waals surface area contributed by atoms with Gasteiger partial charge in [-0.15, -0.1) is 11.3 Å². The molecule has 2 aromatic rings. The molecule has 2 rings (SSSR count). The van der Waals surface area contributed by atoms with E-state index < -0.39 is 0 Å². The van der Waals surface area contributed by atoms with Gasteiger partial charge in [0.2, 0.25) is 5.78 Å². The smallest absolute Gasteiger partial charge is 0.212 e. The fourth-order valence-corrected chi connectivity index (χ4v) is 2.83. The van der Waals surface area contributed by atoms with Gasteiger partial charge in [0.1, 0.15) is 5.69 Å². The highest BCUT2D eigenvalue weighted by atomic mass is 32.1. The lowest BCUT2D eigenvalue weighted by molar-refractivity contribution is 0.103. The molecule has 0 atom stereocenters. The minimum absolute atomic E-state index is 0.0135. The largest absolute Gasteiger partial charge is 0.365 e. The third kappa shape index (κ3) is 2.40. The first-order valence-electron chi connectivity index (χ1n) is 6.21. The zero-order chi connectivity index (χ0) is 14.2. The Kier molecular flexibility index (Phi) is 3.71. The van der Waals surface area contributed by atoms with E-state index in [9.17, 15) is 4.79 Å². The summed E-state index contributed by atoms with van der Waals surface area (Å²) in [6.45, 7) is 8.08. The van der Waals surface area contributed by atoms with Gasteiger partial charge in [-0.1, -0.05) is 6.07 Å². The minimum Gasteiger partial charge on any atom is -0.365 e. The lowest BCUT2D eigenvalue weighted by atomic mass is 9.91. The molecule has 0 amide bonds. The number of hydrogen-bond donors (Lipinski definition) is 1. The van der Waals surface area contributed by atoms with Crippen LogP contribution in [-0.2, 0) is 0 Å². The number of benzene rings is 1. The average molecular weight is 274 g/mol. The standard InChI is InChI=1S/C15H18N2OS/c1-8-6-9(2)11(4)13(10(8)3)14(18)12-7-19-15(16-5)17-12/h6-7H,1-5H3,(H,16,17). The quantitative estimate of drug-likeness (QED) is 0.869. The third-order valence-electron chi connectivity index (χ3n) is 3.54. The van der Waals surface area contributed by atoms with E-state index in [2.05, 4.69) is 16.4 Å². The van der Waals surface area contributed by atoms with Gasteiger partial charge >= 0.3 is 0 Å². The van der Waals surface area contributed by atoms with Crippen molar-refractivity contribution in [2.45, 2.75) is 27.7 Å². The number of rotatable bonds is 3. The number of hydrogen-bond acceptors (Lipinski definition) is 4. The van der Waals surface area contributed by atoms with Crippen molar-refractivity contribution in [3.63, 3.8) is 0 Å². The van der Waals surface area contributed by atoms with Crippen LogP contribution in [0.1, 0.15) is 38.3 Å². The van der Waals surface area contributed by atoms with E-state index in [0.29, 0.717) is 5.69 Å². The van der Waals surface area contributed by atoms with Crippen molar-refractivity contribution in [2.24, 2.45) is 0 Å². The second-order valence-electron chi connectivity index (χ2n) is 4.75. The molecule has 3 nitrogen and oxygen atoms in total. The van der Waals surface area contributed by atoms with E-state index in [1.54, 1.807) is 7.05 Å². The number of carbonyl (C=O) groups is 1. The molecule has 0 saturated heterocycles. The first-order valence-corrected chi connectivity index (χ1v) is 7.09. The molecule has 100 valence electrons. The van der Waals surface area contributed by atoms with Gasteiger partial charge in [0, 0.05) is 18.0 Å². The van der Waals surface area contributed by atoms with E-state index in [1.807, 2.05) is 33.1 Å². The van der Waals surface area contributed by atoms with E-state index in [1.165, 1.54) is 11.3 Å². The Morgan fingerprint density at radius 1 is 1.16 bits per heavy atom. The second-order valence-corrected chi connectivity index (χ2v) is 5.61. The molecule has 0 aliphatic heterocycles. The molecule has 0 spiro atoms. The van der Waals surface area contributed by atoms with Gasteiger partial charge in [-0.3, -0.25) is 4.79 Å². The molecular formula is C15H18N2OS. The maximum Gasteiger partial charge on any atom is 0.212 e. The van der Waals surface area contributed by atoms with Crippen LogP contribution >= 0.6 is 11.3 Å². The summed E-state index contributed by atoms with van der Waals surface area (Å²) in [6, 6.07) is 2.13. The lowest BCUT2D eigenvalue weighted by Gasteiger charge is -2.13. The number of nitrogens with zero attached hydrogens (tertiary/aromatic N) is 1. The van der Waals surface area contributed by atoms with Crippen LogP contribution in [0.2, 0.25) is 0 Å². The molecule has 0 radical (unpaired) electrons. The van der Waals surface area contributed by atoms with Crippen molar-refractivity contribution in [3.05, 3.63) is 45.0 Å². The van der Waals surface area contributed by atoms with Crippen LogP contribution in [0.3, 0.4) is 0 Å². The fourth-order valence-electron chi connectivity index (χ4n) is 2.18. The highest BCUT2D eigenvalue weighted by molar-refractivity contribution is 7.13. The van der Waals surface area contributed by atoms with E-state index in [-0.39, 0.29) is 5.78 Å². The fraction of sp³-hybridized carbons (Fsp3) is 0.333. The summed E-state index contributed by atoms with van der Waals surface area (Å²) in [5.74, 6) is 0.0135. The number of ketones is 1.